The molecule has 12 heteroatoms. The molecule has 5 atom stereocenters. The van der Waals surface area contributed by atoms with Gasteiger partial charge in [0.05, 0.1) is 19.1 Å². The highest BCUT2D eigenvalue weighted by molar-refractivity contribution is 5.94. The molecule has 0 aromatic heterocycles. The quantitative estimate of drug-likeness (QED) is 0.181. The molecule has 0 radical (unpaired) electrons. The van der Waals surface area contributed by atoms with Crippen LogP contribution in [0.1, 0.15) is 33.6 Å². The van der Waals surface area contributed by atoms with Crippen molar-refractivity contribution in [2.75, 3.05) is 6.54 Å². The van der Waals surface area contributed by atoms with E-state index in [1.807, 2.05) is 0 Å². The average molecular weight is 404 g/mol. The predicted molar refractivity (Wildman–Crippen MR) is 95.9 cm³/mol. The Kier molecular flexibility index (Phi) is 10.7. The number of carbonyl (C=O) groups excluding carboxylic acids is 3. The maximum atomic E-state index is 12.5. The van der Waals surface area contributed by atoms with Gasteiger partial charge < -0.3 is 37.0 Å². The Bertz CT molecular complexity index is 595. The summed E-state index contributed by atoms with van der Waals surface area (Å²) in [6.07, 6.45) is -1.72. The Morgan fingerprint density at radius 3 is 1.86 bits per heavy atom. The topological polar surface area (TPSA) is 208 Å². The molecule has 5 unspecified atom stereocenters. The molecule has 8 N–H and O–H groups in total. The zero-order valence-electron chi connectivity index (χ0n) is 16.0. The van der Waals surface area contributed by atoms with E-state index in [4.69, 9.17) is 15.9 Å². The van der Waals surface area contributed by atoms with E-state index >= 15 is 0 Å². The van der Waals surface area contributed by atoms with E-state index in [0.29, 0.717) is 6.42 Å². The van der Waals surface area contributed by atoms with Crippen molar-refractivity contribution in [3.8, 4) is 0 Å². The number of aliphatic hydroxyl groups is 1. The lowest BCUT2D eigenvalue weighted by Gasteiger charge is -2.28. The van der Waals surface area contributed by atoms with Gasteiger partial charge in [-0.1, -0.05) is 20.3 Å². The maximum absolute atomic E-state index is 12.5. The van der Waals surface area contributed by atoms with Gasteiger partial charge in [-0.25, -0.2) is 4.79 Å². The molecule has 0 aliphatic heterocycles. The molecule has 0 aromatic rings. The molecule has 160 valence electrons. The van der Waals surface area contributed by atoms with Crippen LogP contribution in [0.2, 0.25) is 0 Å². The minimum absolute atomic E-state index is 0.415. The monoisotopic (exact) mass is 404 g/mol. The second-order valence-electron chi connectivity index (χ2n) is 6.36. The lowest BCUT2D eigenvalue weighted by atomic mass is 9.97. The summed E-state index contributed by atoms with van der Waals surface area (Å²) in [6.45, 7) is 4.19. The number of carbonyl (C=O) groups is 5. The van der Waals surface area contributed by atoms with E-state index in [0.717, 1.165) is 0 Å². The van der Waals surface area contributed by atoms with Gasteiger partial charge in [-0.3, -0.25) is 19.2 Å². The fourth-order valence-electron chi connectivity index (χ4n) is 2.22. The maximum Gasteiger partial charge on any atom is 0.326 e. The molecular formula is C16H28N4O8. The highest BCUT2D eigenvalue weighted by atomic mass is 16.4. The molecule has 0 fully saturated rings. The standard InChI is InChI=1S/C16H28N4O8/c1-4-7(2)12(14(25)18-9(16(27)28)5-11(23)24)20-15(26)13(8(3)21)19-10(22)6-17/h7-9,12-13,21H,4-6,17H2,1-3H3,(H,18,25)(H,19,22)(H,20,26)(H,23,24)(H,27,28). The summed E-state index contributed by atoms with van der Waals surface area (Å²) in [5.74, 6) is -5.88. The molecular weight excluding hydrogens is 376 g/mol. The molecule has 0 saturated carbocycles. The largest absolute Gasteiger partial charge is 0.481 e. The van der Waals surface area contributed by atoms with Gasteiger partial charge in [0.25, 0.3) is 0 Å². The van der Waals surface area contributed by atoms with Crippen LogP contribution in [0.15, 0.2) is 0 Å². The van der Waals surface area contributed by atoms with Gasteiger partial charge in [0.1, 0.15) is 18.1 Å². The number of aliphatic hydroxyl groups excluding tert-OH is 1. The molecule has 0 heterocycles. The molecule has 12 nitrogen and oxygen atoms in total. The summed E-state index contributed by atoms with van der Waals surface area (Å²) in [6, 6.07) is -4.29. The van der Waals surface area contributed by atoms with Crippen LogP contribution in [0.4, 0.5) is 0 Å². The van der Waals surface area contributed by atoms with E-state index in [2.05, 4.69) is 16.0 Å². The first-order valence-electron chi connectivity index (χ1n) is 8.67. The van der Waals surface area contributed by atoms with Crippen molar-refractivity contribution in [1.82, 2.24) is 16.0 Å². The highest BCUT2D eigenvalue weighted by Gasteiger charge is 2.34. The number of nitrogens with two attached hydrogens (primary N) is 1. The van der Waals surface area contributed by atoms with Crippen LogP contribution in [-0.2, 0) is 24.0 Å². The van der Waals surface area contributed by atoms with E-state index in [1.54, 1.807) is 13.8 Å². The molecule has 0 aliphatic carbocycles. The lowest BCUT2D eigenvalue weighted by Crippen LogP contribution is -2.60. The number of hydrogen-bond acceptors (Lipinski definition) is 7. The van der Waals surface area contributed by atoms with Gasteiger partial charge in [0, 0.05) is 0 Å². The second-order valence-corrected chi connectivity index (χ2v) is 6.36. The number of hydrogen-bond donors (Lipinski definition) is 7. The second kappa shape index (κ2) is 11.9. The fourth-order valence-corrected chi connectivity index (χ4v) is 2.22. The third-order valence-electron chi connectivity index (χ3n) is 4.05. The van der Waals surface area contributed by atoms with Crippen molar-refractivity contribution in [3.63, 3.8) is 0 Å². The summed E-state index contributed by atoms with van der Waals surface area (Å²) in [5, 5.41) is 34.2. The molecule has 28 heavy (non-hydrogen) atoms. The summed E-state index contributed by atoms with van der Waals surface area (Å²) < 4.78 is 0. The van der Waals surface area contributed by atoms with Crippen molar-refractivity contribution in [2.45, 2.75) is 57.8 Å². The molecule has 0 aromatic carbocycles. The molecule has 0 rings (SSSR count). The number of amides is 3. The Morgan fingerprint density at radius 1 is 0.929 bits per heavy atom. The average Bonchev–Trinajstić information content (AvgIpc) is 2.61. The van der Waals surface area contributed by atoms with Crippen molar-refractivity contribution in [2.24, 2.45) is 11.7 Å². The van der Waals surface area contributed by atoms with Crippen molar-refractivity contribution in [1.29, 1.82) is 0 Å². The van der Waals surface area contributed by atoms with Crippen LogP contribution < -0.4 is 21.7 Å². The summed E-state index contributed by atoms with van der Waals surface area (Å²) in [4.78, 5) is 58.3. The minimum Gasteiger partial charge on any atom is -0.481 e. The third kappa shape index (κ3) is 8.31. The summed E-state index contributed by atoms with van der Waals surface area (Å²) >= 11 is 0. The van der Waals surface area contributed by atoms with E-state index in [9.17, 15) is 29.1 Å². The Hall–Kier alpha value is -2.73. The van der Waals surface area contributed by atoms with E-state index in [-0.39, 0.29) is 0 Å². The minimum atomic E-state index is -1.68. The van der Waals surface area contributed by atoms with Crippen LogP contribution >= 0.6 is 0 Å². The van der Waals surface area contributed by atoms with Crippen molar-refractivity contribution >= 4 is 29.7 Å². The molecule has 0 saturated heterocycles. The summed E-state index contributed by atoms with van der Waals surface area (Å²) in [7, 11) is 0. The normalized spacial score (nSPS) is 16.0. The van der Waals surface area contributed by atoms with Gasteiger partial charge in [-0.05, 0) is 12.8 Å². The van der Waals surface area contributed by atoms with Gasteiger partial charge in [-0.15, -0.1) is 0 Å². The SMILES string of the molecule is CCC(C)C(NC(=O)C(NC(=O)CN)C(C)O)C(=O)NC(CC(=O)O)C(=O)O. The van der Waals surface area contributed by atoms with Crippen molar-refractivity contribution in [3.05, 3.63) is 0 Å². The Morgan fingerprint density at radius 2 is 1.46 bits per heavy atom. The number of rotatable bonds is 12. The predicted octanol–water partition coefficient (Wildman–Crippen LogP) is -2.61. The first-order chi connectivity index (χ1) is 12.9. The van der Waals surface area contributed by atoms with Crippen LogP contribution in [-0.4, -0.2) is 75.8 Å². The Labute approximate surface area is 161 Å². The Balaban J connectivity index is 5.41. The molecule has 0 aliphatic rings. The van der Waals surface area contributed by atoms with Gasteiger partial charge in [-0.2, -0.15) is 0 Å². The fraction of sp³-hybridized carbons (Fsp3) is 0.688. The van der Waals surface area contributed by atoms with E-state index < -0.39 is 72.8 Å². The smallest absolute Gasteiger partial charge is 0.326 e. The van der Waals surface area contributed by atoms with Crippen LogP contribution in [0.5, 0.6) is 0 Å². The first-order valence-corrected chi connectivity index (χ1v) is 8.67. The number of aliphatic carboxylic acids is 2. The van der Waals surface area contributed by atoms with Crippen molar-refractivity contribution < 1.29 is 39.3 Å². The molecule has 0 bridgehead atoms. The van der Waals surface area contributed by atoms with Gasteiger partial charge in [0.15, 0.2) is 0 Å². The van der Waals surface area contributed by atoms with Crippen LogP contribution in [0, 0.1) is 5.92 Å². The van der Waals surface area contributed by atoms with Crippen LogP contribution in [0.3, 0.4) is 0 Å². The van der Waals surface area contributed by atoms with Gasteiger partial charge in [0.2, 0.25) is 17.7 Å². The number of nitrogens with one attached hydrogen (secondary N) is 3. The molecule has 0 spiro atoms. The zero-order chi connectivity index (χ0) is 22.0. The van der Waals surface area contributed by atoms with Crippen LogP contribution in [0.25, 0.3) is 0 Å². The van der Waals surface area contributed by atoms with Gasteiger partial charge >= 0.3 is 11.9 Å². The highest BCUT2D eigenvalue weighted by Crippen LogP contribution is 2.10. The first kappa shape index (κ1) is 25.3. The zero-order valence-corrected chi connectivity index (χ0v) is 16.0. The number of carboxylic acid groups (broad SMARTS) is 2. The number of carboxylic acids is 2. The third-order valence-corrected chi connectivity index (χ3v) is 4.05. The lowest BCUT2D eigenvalue weighted by molar-refractivity contribution is -0.147. The van der Waals surface area contributed by atoms with E-state index in [1.165, 1.54) is 6.92 Å². The molecule has 3 amide bonds. The summed E-state index contributed by atoms with van der Waals surface area (Å²) in [5.41, 5.74) is 5.17.